The normalized spacial score (nSPS) is 12.7. The van der Waals surface area contributed by atoms with E-state index in [-0.39, 0.29) is 5.82 Å². The molecule has 0 fully saturated rings. The first-order chi connectivity index (χ1) is 9.92. The van der Waals surface area contributed by atoms with Crippen molar-refractivity contribution < 1.29 is 4.39 Å². The molecule has 3 nitrogen and oxygen atoms in total. The second-order valence-electron chi connectivity index (χ2n) is 5.42. The first-order valence-electron chi connectivity index (χ1n) is 7.02. The van der Waals surface area contributed by atoms with Gasteiger partial charge in [0.15, 0.2) is 0 Å². The van der Waals surface area contributed by atoms with Gasteiger partial charge in [-0.05, 0) is 72.9 Å². The third-order valence-electron chi connectivity index (χ3n) is 3.98. The summed E-state index contributed by atoms with van der Waals surface area (Å²) >= 11 is 3.24. The van der Waals surface area contributed by atoms with Crippen LogP contribution in [0.2, 0.25) is 0 Å². The fourth-order valence-corrected chi connectivity index (χ4v) is 3.01. The number of rotatable bonds is 5. The molecule has 1 heterocycles. The van der Waals surface area contributed by atoms with Gasteiger partial charge in [0.2, 0.25) is 0 Å². The molecule has 114 valence electrons. The highest BCUT2D eigenvalue weighted by Gasteiger charge is 2.15. The molecule has 1 atom stereocenters. The average Bonchev–Trinajstić information content (AvgIpc) is 2.68. The summed E-state index contributed by atoms with van der Waals surface area (Å²) < 4.78 is 15.7. The van der Waals surface area contributed by atoms with Crippen LogP contribution in [0, 0.1) is 19.7 Å². The van der Waals surface area contributed by atoms with Gasteiger partial charge < -0.3 is 5.32 Å². The van der Waals surface area contributed by atoms with E-state index in [9.17, 15) is 4.39 Å². The Bertz CT molecular complexity index is 637. The van der Waals surface area contributed by atoms with Crippen molar-refractivity contribution in [3.63, 3.8) is 0 Å². The zero-order valence-electron chi connectivity index (χ0n) is 12.9. The lowest BCUT2D eigenvalue weighted by atomic mass is 9.98. The van der Waals surface area contributed by atoms with Gasteiger partial charge in [0.25, 0.3) is 0 Å². The van der Waals surface area contributed by atoms with Crippen LogP contribution in [0.4, 0.5) is 4.39 Å². The molecule has 5 heteroatoms. The number of hydrogen-bond acceptors (Lipinski definition) is 2. The van der Waals surface area contributed by atoms with E-state index in [2.05, 4.69) is 33.3 Å². The van der Waals surface area contributed by atoms with Gasteiger partial charge in [0, 0.05) is 18.8 Å². The minimum Gasteiger partial charge on any atom is -0.316 e. The number of halogens is 2. The van der Waals surface area contributed by atoms with E-state index in [1.165, 1.54) is 17.3 Å². The highest BCUT2D eigenvalue weighted by molar-refractivity contribution is 9.10. The van der Waals surface area contributed by atoms with Crippen LogP contribution in [-0.4, -0.2) is 22.9 Å². The van der Waals surface area contributed by atoms with Crippen molar-refractivity contribution in [3.05, 3.63) is 51.0 Å². The van der Waals surface area contributed by atoms with Gasteiger partial charge in [-0.15, -0.1) is 0 Å². The fourth-order valence-electron chi connectivity index (χ4n) is 2.59. The molecule has 1 aromatic carbocycles. The second-order valence-corrected chi connectivity index (χ2v) is 6.27. The smallest absolute Gasteiger partial charge is 0.137 e. The van der Waals surface area contributed by atoms with Crippen LogP contribution in [0.1, 0.15) is 22.5 Å². The third-order valence-corrected chi connectivity index (χ3v) is 4.59. The highest BCUT2D eigenvalue weighted by Crippen LogP contribution is 2.20. The maximum absolute atomic E-state index is 13.3. The zero-order chi connectivity index (χ0) is 15.6. The zero-order valence-corrected chi connectivity index (χ0v) is 14.5. The van der Waals surface area contributed by atoms with Gasteiger partial charge >= 0.3 is 0 Å². The first-order valence-corrected chi connectivity index (χ1v) is 7.82. The second kappa shape index (κ2) is 6.71. The molecule has 1 unspecified atom stereocenters. The highest BCUT2D eigenvalue weighted by atomic mass is 79.9. The van der Waals surface area contributed by atoms with E-state index >= 15 is 0 Å². The maximum atomic E-state index is 13.3. The summed E-state index contributed by atoms with van der Waals surface area (Å²) in [6, 6.07) is 5.49. The monoisotopic (exact) mass is 353 g/mol. The summed E-state index contributed by atoms with van der Waals surface area (Å²) in [4.78, 5) is 0. The van der Waals surface area contributed by atoms with Crippen LogP contribution < -0.4 is 5.32 Å². The summed E-state index contributed by atoms with van der Waals surface area (Å²) in [5.41, 5.74) is 4.68. The van der Waals surface area contributed by atoms with Crippen LogP contribution >= 0.6 is 15.9 Å². The molecule has 0 spiro atoms. The Morgan fingerprint density at radius 2 is 2.05 bits per heavy atom. The minimum absolute atomic E-state index is 0.223. The molecule has 1 aromatic heterocycles. The lowest BCUT2D eigenvalue weighted by molar-refractivity contribution is 0.552. The first kappa shape index (κ1) is 16.2. The van der Waals surface area contributed by atoms with E-state index in [0.29, 0.717) is 10.5 Å². The molecule has 1 N–H and O–H groups in total. The van der Waals surface area contributed by atoms with Gasteiger partial charge in [-0.2, -0.15) is 5.10 Å². The molecule has 2 rings (SSSR count). The standard InChI is InChI=1S/C16H21BrFN3/c1-10-14(11(2)21(4)20-10)9-13(19-3)7-12-5-6-16(18)15(17)8-12/h5-6,8,13,19H,7,9H2,1-4H3. The Hall–Kier alpha value is -1.20. The summed E-state index contributed by atoms with van der Waals surface area (Å²) in [6.07, 6.45) is 1.76. The van der Waals surface area contributed by atoms with E-state index in [1.807, 2.05) is 37.8 Å². The van der Waals surface area contributed by atoms with E-state index in [1.54, 1.807) is 0 Å². The number of hydrogen-bond donors (Lipinski definition) is 1. The third kappa shape index (κ3) is 3.71. The average molecular weight is 354 g/mol. The van der Waals surface area contributed by atoms with Crippen molar-refractivity contribution in [1.82, 2.24) is 15.1 Å². The largest absolute Gasteiger partial charge is 0.316 e. The number of nitrogens with one attached hydrogen (secondary N) is 1. The predicted octanol–water partition coefficient (Wildman–Crippen LogP) is 3.31. The van der Waals surface area contributed by atoms with Crippen molar-refractivity contribution in [2.24, 2.45) is 7.05 Å². The number of benzene rings is 1. The lowest BCUT2D eigenvalue weighted by Gasteiger charge is -2.17. The summed E-state index contributed by atoms with van der Waals surface area (Å²) in [5.74, 6) is -0.223. The molecule has 0 bridgehead atoms. The SMILES string of the molecule is CNC(Cc1ccc(F)c(Br)c1)Cc1c(C)nn(C)c1C. The Morgan fingerprint density at radius 1 is 1.33 bits per heavy atom. The summed E-state index contributed by atoms with van der Waals surface area (Å²) in [6.45, 7) is 4.14. The van der Waals surface area contributed by atoms with Gasteiger partial charge in [-0.1, -0.05) is 6.07 Å². The molecule has 0 aliphatic heterocycles. The van der Waals surface area contributed by atoms with Crippen LogP contribution in [0.5, 0.6) is 0 Å². The quantitative estimate of drug-likeness (QED) is 0.893. The molecule has 0 saturated carbocycles. The molecular weight excluding hydrogens is 333 g/mol. The molecular formula is C16H21BrFN3. The van der Waals surface area contributed by atoms with Gasteiger partial charge in [-0.25, -0.2) is 4.39 Å². The number of aryl methyl sites for hydroxylation is 2. The molecule has 0 saturated heterocycles. The van der Waals surface area contributed by atoms with Gasteiger partial charge in [0.05, 0.1) is 10.2 Å². The number of aromatic nitrogens is 2. The summed E-state index contributed by atoms with van der Waals surface area (Å²) in [5, 5.41) is 7.81. The van der Waals surface area contributed by atoms with Gasteiger partial charge in [-0.3, -0.25) is 4.68 Å². The summed E-state index contributed by atoms with van der Waals surface area (Å²) in [7, 11) is 3.93. The van der Waals surface area contributed by atoms with Crippen LogP contribution in [0.15, 0.2) is 22.7 Å². The van der Waals surface area contributed by atoms with Crippen molar-refractivity contribution in [3.8, 4) is 0 Å². The van der Waals surface area contributed by atoms with E-state index in [0.717, 1.165) is 24.1 Å². The molecule has 0 aliphatic carbocycles. The lowest BCUT2D eigenvalue weighted by Crippen LogP contribution is -2.30. The number of likely N-dealkylation sites (N-methyl/N-ethyl adjacent to an activating group) is 1. The van der Waals surface area contributed by atoms with E-state index < -0.39 is 0 Å². The number of nitrogens with zero attached hydrogens (tertiary/aromatic N) is 2. The molecule has 21 heavy (non-hydrogen) atoms. The van der Waals surface area contributed by atoms with Crippen molar-refractivity contribution in [2.75, 3.05) is 7.05 Å². The molecule has 2 aromatic rings. The van der Waals surface area contributed by atoms with Gasteiger partial charge in [0.1, 0.15) is 5.82 Å². The van der Waals surface area contributed by atoms with Crippen LogP contribution in [0.25, 0.3) is 0 Å². The molecule has 0 amide bonds. The van der Waals surface area contributed by atoms with Crippen molar-refractivity contribution >= 4 is 15.9 Å². The minimum atomic E-state index is -0.223. The Kier molecular flexibility index (Phi) is 5.17. The van der Waals surface area contributed by atoms with Crippen molar-refractivity contribution in [2.45, 2.75) is 32.7 Å². The topological polar surface area (TPSA) is 29.9 Å². The predicted molar refractivity (Wildman–Crippen MR) is 87.0 cm³/mol. The molecule has 0 aliphatic rings. The van der Waals surface area contributed by atoms with E-state index in [4.69, 9.17) is 0 Å². The Morgan fingerprint density at radius 3 is 2.57 bits per heavy atom. The van der Waals surface area contributed by atoms with Crippen molar-refractivity contribution in [1.29, 1.82) is 0 Å². The Balaban J connectivity index is 2.14. The Labute approximate surface area is 133 Å². The maximum Gasteiger partial charge on any atom is 0.137 e. The van der Waals surface area contributed by atoms with Crippen LogP contribution in [0.3, 0.4) is 0 Å². The fraction of sp³-hybridized carbons (Fsp3) is 0.438. The molecule has 0 radical (unpaired) electrons. The van der Waals surface area contributed by atoms with Crippen LogP contribution in [-0.2, 0) is 19.9 Å².